The molecule has 4 heterocycles. The van der Waals surface area contributed by atoms with Gasteiger partial charge in [-0.05, 0) is 48.6 Å². The van der Waals surface area contributed by atoms with Gasteiger partial charge in [0.15, 0.2) is 0 Å². The van der Waals surface area contributed by atoms with Crippen LogP contribution >= 0.6 is 0 Å². The Morgan fingerprint density at radius 1 is 1.07 bits per heavy atom. The number of amides is 2. The minimum atomic E-state index is -1.10. The molecule has 2 N–H and O–H groups in total. The second-order valence-electron chi connectivity index (χ2n) is 14.1. The number of aromatic nitrogens is 1. The number of hydrogen-bond donors (Lipinski definition) is 2. The van der Waals surface area contributed by atoms with Gasteiger partial charge in [-0.3, -0.25) is 9.69 Å². The summed E-state index contributed by atoms with van der Waals surface area (Å²) in [5, 5.41) is 14.1. The predicted octanol–water partition coefficient (Wildman–Crippen LogP) is 4.15. The van der Waals surface area contributed by atoms with Crippen LogP contribution in [0.15, 0.2) is 24.3 Å². The van der Waals surface area contributed by atoms with Gasteiger partial charge in [-0.25, -0.2) is 14.6 Å². The summed E-state index contributed by atoms with van der Waals surface area (Å²) in [5.41, 5.74) is 2.41. The zero-order chi connectivity index (χ0) is 31.7. The largest absolute Gasteiger partial charge is 0.480 e. The molecular formula is C34H46N4O7. The van der Waals surface area contributed by atoms with Gasteiger partial charge in [0, 0.05) is 37.0 Å². The van der Waals surface area contributed by atoms with Crippen molar-refractivity contribution >= 4 is 28.9 Å². The fraction of sp³-hybridized carbons (Fsp3) is 0.647. The molecule has 1 aromatic heterocycles. The summed E-state index contributed by atoms with van der Waals surface area (Å²) in [6, 6.07) is 6.07. The number of ether oxygens (including phenoxy) is 3. The van der Waals surface area contributed by atoms with Crippen LogP contribution in [0.25, 0.3) is 10.9 Å². The molecule has 2 amide bonds. The van der Waals surface area contributed by atoms with Crippen molar-refractivity contribution in [2.24, 2.45) is 11.3 Å². The van der Waals surface area contributed by atoms with Crippen LogP contribution in [0, 0.1) is 11.3 Å². The van der Waals surface area contributed by atoms with Crippen molar-refractivity contribution in [2.75, 3.05) is 32.8 Å². The lowest BCUT2D eigenvalue weighted by atomic mass is 9.85. The van der Waals surface area contributed by atoms with E-state index in [9.17, 15) is 19.5 Å². The van der Waals surface area contributed by atoms with E-state index in [0.29, 0.717) is 25.0 Å². The number of rotatable bonds is 3. The lowest BCUT2D eigenvalue weighted by Crippen LogP contribution is -2.57. The number of nitrogens with one attached hydrogen (secondary N) is 1. The second kappa shape index (κ2) is 13.1. The van der Waals surface area contributed by atoms with Gasteiger partial charge in [0.05, 0.1) is 25.3 Å². The van der Waals surface area contributed by atoms with Crippen molar-refractivity contribution in [2.45, 2.75) is 96.6 Å². The third-order valence-electron chi connectivity index (χ3n) is 9.66. The Hall–Kier alpha value is -3.44. The first-order valence-corrected chi connectivity index (χ1v) is 16.5. The summed E-state index contributed by atoms with van der Waals surface area (Å²) < 4.78 is 17.9. The minimum absolute atomic E-state index is 0.0799. The molecule has 244 valence electrons. The van der Waals surface area contributed by atoms with Gasteiger partial charge >= 0.3 is 12.1 Å². The summed E-state index contributed by atoms with van der Waals surface area (Å²) in [6.45, 7) is 9.48. The third kappa shape index (κ3) is 7.19. The second-order valence-corrected chi connectivity index (χ2v) is 14.1. The molecule has 2 bridgehead atoms. The Balaban J connectivity index is 1.37. The minimum Gasteiger partial charge on any atom is -0.480 e. The van der Waals surface area contributed by atoms with Gasteiger partial charge in [-0.1, -0.05) is 51.8 Å². The number of hydrogen-bond acceptors (Lipinski definition) is 8. The number of benzene rings is 1. The van der Waals surface area contributed by atoms with Gasteiger partial charge in [-0.15, -0.1) is 0 Å². The lowest BCUT2D eigenvalue weighted by Gasteiger charge is -2.34. The number of carbonyl (C=O) groups excluding carboxylic acids is 2. The molecule has 11 nitrogen and oxygen atoms in total. The van der Waals surface area contributed by atoms with Crippen molar-refractivity contribution < 1.29 is 33.7 Å². The Labute approximate surface area is 264 Å². The van der Waals surface area contributed by atoms with Crippen LogP contribution in [-0.2, 0) is 32.0 Å². The highest BCUT2D eigenvalue weighted by Gasteiger charge is 2.47. The monoisotopic (exact) mass is 622 g/mol. The maximum atomic E-state index is 14.0. The van der Waals surface area contributed by atoms with Gasteiger partial charge < -0.3 is 29.5 Å². The highest BCUT2D eigenvalue weighted by molar-refractivity contribution is 5.90. The zero-order valence-electron chi connectivity index (χ0n) is 26.6. The topological polar surface area (TPSA) is 131 Å². The van der Waals surface area contributed by atoms with Crippen LogP contribution < -0.4 is 10.1 Å². The van der Waals surface area contributed by atoms with Gasteiger partial charge in [0.25, 0.3) is 0 Å². The number of nitrogens with zero attached hydrogens (tertiary/aromatic N) is 3. The third-order valence-corrected chi connectivity index (χ3v) is 9.66. The quantitative estimate of drug-likeness (QED) is 0.519. The normalized spacial score (nSPS) is 28.6. The fourth-order valence-corrected chi connectivity index (χ4v) is 6.99. The number of carboxylic acid groups (broad SMARTS) is 1. The first-order valence-electron chi connectivity index (χ1n) is 16.5. The molecule has 1 aromatic carbocycles. The van der Waals surface area contributed by atoms with Crippen LogP contribution in [-0.4, -0.2) is 95.0 Å². The van der Waals surface area contributed by atoms with Gasteiger partial charge in [0.1, 0.15) is 24.3 Å². The van der Waals surface area contributed by atoms with E-state index in [2.05, 4.69) is 16.3 Å². The Morgan fingerprint density at radius 3 is 2.60 bits per heavy atom. The Morgan fingerprint density at radius 2 is 1.84 bits per heavy atom. The SMILES string of the molecule is CC(C)(C)[C@@H]1NC(=O)O[C@@H]2C[C@H]2CCCCCc2c(nc3ccccc3c2CN2CCOCC2)O[C@@H]2C[C@@H](C(=O)O)N(C2)C1=O. The zero-order valence-corrected chi connectivity index (χ0v) is 26.6. The highest BCUT2D eigenvalue weighted by atomic mass is 16.6. The lowest BCUT2D eigenvalue weighted by molar-refractivity contribution is -0.150. The molecule has 3 aliphatic heterocycles. The molecule has 2 aromatic rings. The van der Waals surface area contributed by atoms with Crippen molar-refractivity contribution in [3.05, 3.63) is 35.4 Å². The van der Waals surface area contributed by atoms with E-state index < -0.39 is 41.6 Å². The molecule has 3 fully saturated rings. The van der Waals surface area contributed by atoms with E-state index in [1.807, 2.05) is 39.0 Å². The van der Waals surface area contributed by atoms with Crippen LogP contribution in [0.3, 0.4) is 0 Å². The number of fused-ring (bicyclic) bond motifs is 5. The molecule has 0 radical (unpaired) electrons. The van der Waals surface area contributed by atoms with Crippen LogP contribution in [0.5, 0.6) is 5.88 Å². The summed E-state index contributed by atoms with van der Waals surface area (Å²) >= 11 is 0. The first-order chi connectivity index (χ1) is 21.6. The van der Waals surface area contributed by atoms with Crippen LogP contribution in [0.2, 0.25) is 0 Å². The Kier molecular flexibility index (Phi) is 9.19. The number of morpholine rings is 1. The van der Waals surface area contributed by atoms with E-state index in [1.54, 1.807) is 0 Å². The average Bonchev–Trinajstić information content (AvgIpc) is 3.58. The van der Waals surface area contributed by atoms with Crippen molar-refractivity contribution in [3.8, 4) is 5.88 Å². The summed E-state index contributed by atoms with van der Waals surface area (Å²) in [6.07, 6.45) is 4.37. The first kappa shape index (κ1) is 31.5. The van der Waals surface area contributed by atoms with E-state index in [4.69, 9.17) is 19.2 Å². The molecule has 1 aliphatic carbocycles. The molecule has 2 saturated heterocycles. The molecule has 6 rings (SSSR count). The number of aliphatic carboxylic acids is 1. The number of carboxylic acids is 1. The molecule has 45 heavy (non-hydrogen) atoms. The standard InChI is InChI=1S/C34H46N4O7/c1-34(2,3)29-31(39)38-19-22(18-27(38)32(40)41)44-30-24(11-6-4-5-9-21-17-28(21)45-33(42)36-29)25(20-37-13-15-43-16-14-37)23-10-7-8-12-26(23)35-30/h7-8,10,12,21-22,27-29H,4-6,9,11,13-20H2,1-3H3,(H,36,42)(H,40,41)/t21-,22-,27+,28-,29-/m1/s1. The van der Waals surface area contributed by atoms with Crippen LogP contribution in [0.4, 0.5) is 4.79 Å². The number of para-hydroxylation sites is 1. The number of alkyl carbamates (subject to hydrolysis) is 1. The molecule has 11 heteroatoms. The van der Waals surface area contributed by atoms with Crippen molar-refractivity contribution in [1.29, 1.82) is 0 Å². The molecular weight excluding hydrogens is 576 g/mol. The molecule has 4 aliphatic rings. The van der Waals surface area contributed by atoms with E-state index in [1.165, 1.54) is 10.5 Å². The fourth-order valence-electron chi connectivity index (χ4n) is 6.99. The van der Waals surface area contributed by atoms with E-state index in [-0.39, 0.29) is 19.1 Å². The molecule has 5 atom stereocenters. The summed E-state index contributed by atoms with van der Waals surface area (Å²) in [7, 11) is 0. The van der Waals surface area contributed by atoms with Gasteiger partial charge in [-0.2, -0.15) is 0 Å². The number of pyridine rings is 1. The smallest absolute Gasteiger partial charge is 0.408 e. The number of carbonyl (C=O) groups is 3. The van der Waals surface area contributed by atoms with E-state index in [0.717, 1.165) is 74.6 Å². The summed E-state index contributed by atoms with van der Waals surface area (Å²) in [4.78, 5) is 48.1. The maximum absolute atomic E-state index is 14.0. The Bertz CT molecular complexity index is 1420. The van der Waals surface area contributed by atoms with Gasteiger partial charge in [0.2, 0.25) is 11.8 Å². The van der Waals surface area contributed by atoms with Crippen molar-refractivity contribution in [3.63, 3.8) is 0 Å². The summed E-state index contributed by atoms with van der Waals surface area (Å²) in [5.74, 6) is -0.702. The average molecular weight is 623 g/mol. The molecule has 0 spiro atoms. The molecule has 0 unspecified atom stereocenters. The maximum Gasteiger partial charge on any atom is 0.408 e. The predicted molar refractivity (Wildman–Crippen MR) is 167 cm³/mol. The van der Waals surface area contributed by atoms with Crippen molar-refractivity contribution in [1.82, 2.24) is 20.1 Å². The molecule has 1 saturated carbocycles. The van der Waals surface area contributed by atoms with E-state index >= 15 is 0 Å². The van der Waals surface area contributed by atoms with Crippen LogP contribution in [0.1, 0.15) is 70.4 Å². The highest BCUT2D eigenvalue weighted by Crippen LogP contribution is 2.39.